The van der Waals surface area contributed by atoms with Crippen LogP contribution in [0.15, 0.2) is 10.6 Å². The number of hydrogen-bond donors (Lipinski definition) is 1. The summed E-state index contributed by atoms with van der Waals surface area (Å²) in [7, 11) is 0. The van der Waals surface area contributed by atoms with Gasteiger partial charge in [0, 0.05) is 6.07 Å². The van der Waals surface area contributed by atoms with Crippen molar-refractivity contribution in [2.45, 2.75) is 19.8 Å². The van der Waals surface area contributed by atoms with Gasteiger partial charge in [0.1, 0.15) is 5.76 Å². The van der Waals surface area contributed by atoms with Crippen LogP contribution in [-0.2, 0) is 6.42 Å². The molecule has 0 saturated heterocycles. The van der Waals surface area contributed by atoms with Gasteiger partial charge in [-0.05, 0) is 25.5 Å². The van der Waals surface area contributed by atoms with Gasteiger partial charge in [0.15, 0.2) is 0 Å². The van der Waals surface area contributed by atoms with Crippen LogP contribution in [0.25, 0.3) is 0 Å². The first-order valence-corrected chi connectivity index (χ1v) is 3.99. The second-order valence-electron chi connectivity index (χ2n) is 2.26. The Morgan fingerprint density at radius 2 is 2.50 bits per heavy atom. The van der Waals surface area contributed by atoms with E-state index in [4.69, 9.17) is 4.52 Å². The van der Waals surface area contributed by atoms with Gasteiger partial charge in [-0.1, -0.05) is 5.16 Å². The highest BCUT2D eigenvalue weighted by molar-refractivity contribution is 7.80. The Bertz CT molecular complexity index is 197. The summed E-state index contributed by atoms with van der Waals surface area (Å²) in [4.78, 5) is 0. The molecule has 0 N–H and O–H groups in total. The number of thiol groups is 1. The van der Waals surface area contributed by atoms with Crippen molar-refractivity contribution in [3.63, 3.8) is 0 Å². The molecule has 0 aromatic carbocycles. The summed E-state index contributed by atoms with van der Waals surface area (Å²) in [6.07, 6.45) is 2.04. The van der Waals surface area contributed by atoms with Crippen LogP contribution < -0.4 is 0 Å². The molecule has 0 amide bonds. The van der Waals surface area contributed by atoms with Crippen LogP contribution in [0.4, 0.5) is 0 Å². The fourth-order valence-electron chi connectivity index (χ4n) is 0.796. The third kappa shape index (κ3) is 2.06. The van der Waals surface area contributed by atoms with Crippen molar-refractivity contribution in [3.05, 3.63) is 17.5 Å². The summed E-state index contributed by atoms with van der Waals surface area (Å²) >= 11 is 4.10. The molecule has 1 aromatic heterocycles. The summed E-state index contributed by atoms with van der Waals surface area (Å²) < 4.78 is 4.89. The molecule has 0 spiro atoms. The van der Waals surface area contributed by atoms with Crippen LogP contribution in [0, 0.1) is 6.92 Å². The molecule has 1 heterocycles. The molecular weight excluding hydrogens is 146 g/mol. The first kappa shape index (κ1) is 7.66. The molecule has 0 unspecified atom stereocenters. The van der Waals surface area contributed by atoms with Gasteiger partial charge in [-0.15, -0.1) is 0 Å². The van der Waals surface area contributed by atoms with Gasteiger partial charge in [0.25, 0.3) is 0 Å². The van der Waals surface area contributed by atoms with Crippen molar-refractivity contribution in [2.24, 2.45) is 0 Å². The lowest BCUT2D eigenvalue weighted by molar-refractivity contribution is 0.390. The van der Waals surface area contributed by atoms with Crippen molar-refractivity contribution >= 4 is 12.6 Å². The number of hydrogen-bond acceptors (Lipinski definition) is 3. The lowest BCUT2D eigenvalue weighted by Crippen LogP contribution is -1.84. The van der Waals surface area contributed by atoms with E-state index in [0.717, 1.165) is 30.0 Å². The van der Waals surface area contributed by atoms with E-state index < -0.39 is 0 Å². The molecule has 1 rings (SSSR count). The van der Waals surface area contributed by atoms with Crippen molar-refractivity contribution in [2.75, 3.05) is 5.75 Å². The third-order valence-electron chi connectivity index (χ3n) is 1.27. The zero-order valence-corrected chi connectivity index (χ0v) is 6.90. The second kappa shape index (κ2) is 3.66. The molecular formula is C7H11NOS. The standard InChI is InChI=1S/C7H11NOS/c1-6-5-7(8-9-6)3-2-4-10/h5,10H,2-4H2,1H3. The van der Waals surface area contributed by atoms with Crippen molar-refractivity contribution < 1.29 is 4.52 Å². The average molecular weight is 157 g/mol. The van der Waals surface area contributed by atoms with Crippen molar-refractivity contribution in [3.8, 4) is 0 Å². The Hall–Kier alpha value is -0.440. The van der Waals surface area contributed by atoms with Crippen LogP contribution in [0.1, 0.15) is 17.9 Å². The molecule has 0 bridgehead atoms. The summed E-state index contributed by atoms with van der Waals surface area (Å²) in [5.41, 5.74) is 1.03. The Morgan fingerprint density at radius 3 is 3.00 bits per heavy atom. The van der Waals surface area contributed by atoms with E-state index in [1.54, 1.807) is 0 Å². The largest absolute Gasteiger partial charge is 0.361 e. The lowest BCUT2D eigenvalue weighted by atomic mass is 10.2. The van der Waals surface area contributed by atoms with E-state index in [0.29, 0.717) is 0 Å². The quantitative estimate of drug-likeness (QED) is 0.677. The first-order chi connectivity index (χ1) is 4.83. The van der Waals surface area contributed by atoms with E-state index in [-0.39, 0.29) is 0 Å². The Morgan fingerprint density at radius 1 is 1.70 bits per heavy atom. The molecule has 0 atom stereocenters. The molecule has 0 fully saturated rings. The van der Waals surface area contributed by atoms with Crippen LogP contribution in [-0.4, -0.2) is 10.9 Å². The minimum atomic E-state index is 0.883. The molecule has 56 valence electrons. The fraction of sp³-hybridized carbons (Fsp3) is 0.571. The molecule has 10 heavy (non-hydrogen) atoms. The monoisotopic (exact) mass is 157 g/mol. The first-order valence-electron chi connectivity index (χ1n) is 3.36. The van der Waals surface area contributed by atoms with E-state index in [2.05, 4.69) is 17.8 Å². The van der Waals surface area contributed by atoms with Gasteiger partial charge in [-0.2, -0.15) is 12.6 Å². The number of aryl methyl sites for hydroxylation is 2. The van der Waals surface area contributed by atoms with Gasteiger partial charge in [0.05, 0.1) is 5.69 Å². The van der Waals surface area contributed by atoms with Gasteiger partial charge in [-0.3, -0.25) is 0 Å². The minimum absolute atomic E-state index is 0.883. The molecule has 3 heteroatoms. The SMILES string of the molecule is Cc1cc(CCCS)no1. The number of nitrogens with zero attached hydrogens (tertiary/aromatic N) is 1. The topological polar surface area (TPSA) is 26.0 Å². The zero-order valence-electron chi connectivity index (χ0n) is 6.00. The van der Waals surface area contributed by atoms with Crippen LogP contribution >= 0.6 is 12.6 Å². The summed E-state index contributed by atoms with van der Waals surface area (Å²) in [5, 5.41) is 3.84. The Labute approximate surface area is 66.0 Å². The highest BCUT2D eigenvalue weighted by Crippen LogP contribution is 2.04. The highest BCUT2D eigenvalue weighted by Gasteiger charge is 1.97. The summed E-state index contributed by atoms with van der Waals surface area (Å²) in [6.45, 7) is 1.90. The predicted octanol–water partition coefficient (Wildman–Crippen LogP) is 1.85. The molecule has 0 radical (unpaired) electrons. The second-order valence-corrected chi connectivity index (χ2v) is 2.70. The van der Waals surface area contributed by atoms with Gasteiger partial charge in [-0.25, -0.2) is 0 Å². The van der Waals surface area contributed by atoms with E-state index in [1.807, 2.05) is 13.0 Å². The van der Waals surface area contributed by atoms with E-state index in [1.165, 1.54) is 0 Å². The van der Waals surface area contributed by atoms with Crippen LogP contribution in [0.3, 0.4) is 0 Å². The molecule has 0 aliphatic carbocycles. The molecule has 0 aliphatic heterocycles. The van der Waals surface area contributed by atoms with Gasteiger partial charge < -0.3 is 4.52 Å². The van der Waals surface area contributed by atoms with Crippen LogP contribution in [0.2, 0.25) is 0 Å². The van der Waals surface area contributed by atoms with Crippen molar-refractivity contribution in [1.29, 1.82) is 0 Å². The fourth-order valence-corrected chi connectivity index (χ4v) is 0.954. The van der Waals surface area contributed by atoms with Crippen molar-refractivity contribution in [1.82, 2.24) is 5.16 Å². The van der Waals surface area contributed by atoms with Crippen LogP contribution in [0.5, 0.6) is 0 Å². The predicted molar refractivity (Wildman–Crippen MR) is 43.4 cm³/mol. The van der Waals surface area contributed by atoms with E-state index >= 15 is 0 Å². The summed E-state index contributed by atoms with van der Waals surface area (Å²) in [6, 6.07) is 1.96. The van der Waals surface area contributed by atoms with Gasteiger partial charge in [0.2, 0.25) is 0 Å². The molecule has 2 nitrogen and oxygen atoms in total. The maximum atomic E-state index is 4.89. The Kier molecular flexibility index (Phi) is 2.81. The zero-order chi connectivity index (χ0) is 7.40. The number of rotatable bonds is 3. The number of aromatic nitrogens is 1. The summed E-state index contributed by atoms with van der Waals surface area (Å²) in [5.74, 6) is 1.79. The Balaban J connectivity index is 2.42. The minimum Gasteiger partial charge on any atom is -0.361 e. The third-order valence-corrected chi connectivity index (χ3v) is 1.58. The van der Waals surface area contributed by atoms with Gasteiger partial charge >= 0.3 is 0 Å². The molecule has 0 aliphatic rings. The molecule has 0 saturated carbocycles. The van der Waals surface area contributed by atoms with E-state index in [9.17, 15) is 0 Å². The maximum absolute atomic E-state index is 4.89. The normalized spacial score (nSPS) is 10.2. The molecule has 1 aromatic rings. The average Bonchev–Trinajstić information content (AvgIpc) is 2.31. The lowest BCUT2D eigenvalue weighted by Gasteiger charge is -1.87. The maximum Gasteiger partial charge on any atom is 0.133 e. The smallest absolute Gasteiger partial charge is 0.133 e. The highest BCUT2D eigenvalue weighted by atomic mass is 32.1.